The average molecular weight is 272 g/mol. The van der Waals surface area contributed by atoms with Gasteiger partial charge in [-0.3, -0.25) is 0 Å². The molecule has 1 aromatic heterocycles. The second-order valence-electron chi connectivity index (χ2n) is 6.10. The van der Waals surface area contributed by atoms with Crippen molar-refractivity contribution >= 4 is 10.9 Å². The van der Waals surface area contributed by atoms with E-state index in [0.29, 0.717) is 13.2 Å². The summed E-state index contributed by atoms with van der Waals surface area (Å²) in [6, 6.07) is 10.2. The molecule has 0 unspecified atom stereocenters. The molecule has 0 bridgehead atoms. The first-order chi connectivity index (χ1) is 9.52. The minimum Gasteiger partial charge on any atom is -0.491 e. The fourth-order valence-electron chi connectivity index (χ4n) is 2.17. The van der Waals surface area contributed by atoms with Gasteiger partial charge in [-0.15, -0.1) is 0 Å². The van der Waals surface area contributed by atoms with E-state index in [9.17, 15) is 0 Å². The Bertz CT molecular complexity index is 578. The van der Waals surface area contributed by atoms with Crippen LogP contribution in [0.25, 0.3) is 10.9 Å². The molecule has 3 nitrogen and oxygen atoms in total. The van der Waals surface area contributed by atoms with Gasteiger partial charge in [0.2, 0.25) is 0 Å². The maximum Gasteiger partial charge on any atom is 0.145 e. The van der Waals surface area contributed by atoms with Crippen molar-refractivity contribution in [2.45, 2.75) is 33.6 Å². The second-order valence-corrected chi connectivity index (χ2v) is 6.10. The van der Waals surface area contributed by atoms with Crippen LogP contribution in [0.3, 0.4) is 0 Å². The summed E-state index contributed by atoms with van der Waals surface area (Å²) in [5, 5.41) is 1.12. The molecule has 2 rings (SSSR count). The number of ether oxygens (including phenoxy) is 1. The first-order valence-corrected chi connectivity index (χ1v) is 7.21. The summed E-state index contributed by atoms with van der Waals surface area (Å²) in [5.41, 5.74) is 7.89. The van der Waals surface area contributed by atoms with Gasteiger partial charge in [0.1, 0.15) is 11.3 Å². The molecule has 0 saturated heterocycles. The Morgan fingerprint density at radius 1 is 1.20 bits per heavy atom. The van der Waals surface area contributed by atoms with Gasteiger partial charge < -0.3 is 10.5 Å². The minimum atomic E-state index is 0.191. The third-order valence-corrected chi connectivity index (χ3v) is 3.63. The molecular weight excluding hydrogens is 248 g/mol. The van der Waals surface area contributed by atoms with Crippen molar-refractivity contribution in [3.8, 4) is 5.75 Å². The molecule has 0 saturated carbocycles. The summed E-state index contributed by atoms with van der Waals surface area (Å²) < 4.78 is 5.91. The van der Waals surface area contributed by atoms with E-state index in [1.807, 2.05) is 25.1 Å². The van der Waals surface area contributed by atoms with E-state index in [2.05, 4.69) is 31.0 Å². The van der Waals surface area contributed by atoms with Crippen LogP contribution in [0.15, 0.2) is 30.3 Å². The summed E-state index contributed by atoms with van der Waals surface area (Å²) in [6.45, 7) is 7.80. The van der Waals surface area contributed by atoms with E-state index in [4.69, 9.17) is 10.5 Å². The van der Waals surface area contributed by atoms with Gasteiger partial charge in [0.05, 0.1) is 6.61 Å². The highest BCUT2D eigenvalue weighted by Gasteiger charge is 2.14. The fourth-order valence-corrected chi connectivity index (χ4v) is 2.17. The lowest BCUT2D eigenvalue weighted by Crippen LogP contribution is -2.23. The van der Waals surface area contributed by atoms with Crippen LogP contribution in [0.5, 0.6) is 5.75 Å². The van der Waals surface area contributed by atoms with Crippen molar-refractivity contribution in [1.82, 2.24) is 4.98 Å². The molecule has 0 aliphatic rings. The maximum atomic E-state index is 5.91. The smallest absolute Gasteiger partial charge is 0.145 e. The monoisotopic (exact) mass is 272 g/mol. The van der Waals surface area contributed by atoms with Crippen molar-refractivity contribution in [3.05, 3.63) is 36.0 Å². The van der Waals surface area contributed by atoms with Crippen molar-refractivity contribution in [2.75, 3.05) is 13.2 Å². The number of fused-ring (bicyclic) bond motifs is 1. The zero-order valence-electron chi connectivity index (χ0n) is 12.6. The summed E-state index contributed by atoms with van der Waals surface area (Å²) >= 11 is 0. The van der Waals surface area contributed by atoms with Gasteiger partial charge in [-0.1, -0.05) is 32.0 Å². The lowest BCUT2D eigenvalue weighted by atomic mass is 9.88. The van der Waals surface area contributed by atoms with Crippen LogP contribution < -0.4 is 10.5 Å². The summed E-state index contributed by atoms with van der Waals surface area (Å²) in [7, 11) is 0. The molecule has 0 fully saturated rings. The molecule has 0 atom stereocenters. The highest BCUT2D eigenvalue weighted by molar-refractivity contribution is 5.84. The third-order valence-electron chi connectivity index (χ3n) is 3.63. The first-order valence-electron chi connectivity index (χ1n) is 7.21. The number of nitrogens with two attached hydrogens (primary N) is 1. The van der Waals surface area contributed by atoms with Crippen LogP contribution in [0.1, 0.15) is 32.4 Å². The summed E-state index contributed by atoms with van der Waals surface area (Å²) in [6.07, 6.45) is 2.08. The van der Waals surface area contributed by atoms with Gasteiger partial charge in [0.25, 0.3) is 0 Å². The Morgan fingerprint density at radius 2 is 2.00 bits per heavy atom. The SMILES string of the molecule is Cc1ccc2cccc(OCCCC(C)(C)CN)c2n1. The number of aromatic nitrogens is 1. The Balaban J connectivity index is 2.01. The number of pyridine rings is 1. The van der Waals surface area contributed by atoms with Crippen molar-refractivity contribution in [1.29, 1.82) is 0 Å². The van der Waals surface area contributed by atoms with Crippen molar-refractivity contribution < 1.29 is 4.74 Å². The zero-order valence-corrected chi connectivity index (χ0v) is 12.6. The van der Waals surface area contributed by atoms with Crippen LogP contribution in [0.2, 0.25) is 0 Å². The highest BCUT2D eigenvalue weighted by atomic mass is 16.5. The van der Waals surface area contributed by atoms with E-state index < -0.39 is 0 Å². The van der Waals surface area contributed by atoms with Crippen LogP contribution in [-0.4, -0.2) is 18.1 Å². The molecule has 2 N–H and O–H groups in total. The van der Waals surface area contributed by atoms with Crippen molar-refractivity contribution in [2.24, 2.45) is 11.1 Å². The molecule has 108 valence electrons. The van der Waals surface area contributed by atoms with E-state index in [1.165, 1.54) is 0 Å². The predicted octanol–water partition coefficient (Wildman–Crippen LogP) is 3.69. The van der Waals surface area contributed by atoms with Gasteiger partial charge in [0.15, 0.2) is 0 Å². The molecular formula is C17H24N2O. The largest absolute Gasteiger partial charge is 0.491 e. The molecule has 0 aliphatic carbocycles. The average Bonchev–Trinajstić information content (AvgIpc) is 2.44. The van der Waals surface area contributed by atoms with Crippen LogP contribution >= 0.6 is 0 Å². The maximum absolute atomic E-state index is 5.91. The van der Waals surface area contributed by atoms with E-state index in [1.54, 1.807) is 0 Å². The molecule has 3 heteroatoms. The summed E-state index contributed by atoms with van der Waals surface area (Å²) in [4.78, 5) is 4.57. The number of aryl methyl sites for hydroxylation is 1. The lowest BCUT2D eigenvalue weighted by Gasteiger charge is -2.22. The number of benzene rings is 1. The van der Waals surface area contributed by atoms with E-state index >= 15 is 0 Å². The third kappa shape index (κ3) is 3.70. The fraction of sp³-hybridized carbons (Fsp3) is 0.471. The normalized spacial score (nSPS) is 11.8. The second kappa shape index (κ2) is 6.23. The number of rotatable bonds is 6. The topological polar surface area (TPSA) is 48.1 Å². The Hall–Kier alpha value is -1.61. The zero-order chi connectivity index (χ0) is 14.6. The van der Waals surface area contributed by atoms with E-state index in [0.717, 1.165) is 35.2 Å². The molecule has 2 aromatic rings. The molecule has 0 spiro atoms. The number of para-hydroxylation sites is 1. The van der Waals surface area contributed by atoms with Crippen LogP contribution in [0, 0.1) is 12.3 Å². The number of nitrogens with zero attached hydrogens (tertiary/aromatic N) is 1. The molecule has 1 aromatic carbocycles. The van der Waals surface area contributed by atoms with Crippen LogP contribution in [-0.2, 0) is 0 Å². The standard InChI is InChI=1S/C17H24N2O/c1-13-8-9-14-6-4-7-15(16(14)19-13)20-11-5-10-17(2,3)12-18/h4,6-9H,5,10-12,18H2,1-3H3. The first kappa shape index (κ1) is 14.8. The Morgan fingerprint density at radius 3 is 2.75 bits per heavy atom. The molecule has 1 heterocycles. The number of hydrogen-bond acceptors (Lipinski definition) is 3. The van der Waals surface area contributed by atoms with Gasteiger partial charge in [-0.05, 0) is 43.9 Å². The lowest BCUT2D eigenvalue weighted by molar-refractivity contribution is 0.262. The van der Waals surface area contributed by atoms with E-state index in [-0.39, 0.29) is 5.41 Å². The quantitative estimate of drug-likeness (QED) is 0.816. The molecule has 0 radical (unpaired) electrons. The molecule has 20 heavy (non-hydrogen) atoms. The molecule has 0 amide bonds. The van der Waals surface area contributed by atoms with Crippen molar-refractivity contribution in [3.63, 3.8) is 0 Å². The predicted molar refractivity (Wildman–Crippen MR) is 84.0 cm³/mol. The Kier molecular flexibility index (Phi) is 4.61. The Labute approximate surface area is 121 Å². The minimum absolute atomic E-state index is 0.191. The van der Waals surface area contributed by atoms with Crippen LogP contribution in [0.4, 0.5) is 0 Å². The molecule has 0 aliphatic heterocycles. The van der Waals surface area contributed by atoms with Gasteiger partial charge in [-0.2, -0.15) is 0 Å². The summed E-state index contributed by atoms with van der Waals surface area (Å²) in [5.74, 6) is 0.872. The van der Waals surface area contributed by atoms with Gasteiger partial charge in [0, 0.05) is 11.1 Å². The van der Waals surface area contributed by atoms with Gasteiger partial charge >= 0.3 is 0 Å². The number of hydrogen-bond donors (Lipinski definition) is 1. The highest BCUT2D eigenvalue weighted by Crippen LogP contribution is 2.25. The van der Waals surface area contributed by atoms with Gasteiger partial charge in [-0.25, -0.2) is 4.98 Å².